The maximum atomic E-state index is 13.0. The molecule has 2 N–H and O–H groups in total. The molecule has 0 saturated carbocycles. The Balaban J connectivity index is 1.74. The van der Waals surface area contributed by atoms with Crippen LogP contribution in [0.5, 0.6) is 0 Å². The summed E-state index contributed by atoms with van der Waals surface area (Å²) in [6.45, 7) is 5.20. The second kappa shape index (κ2) is 10.9. The van der Waals surface area contributed by atoms with Gasteiger partial charge in [-0.25, -0.2) is 0 Å². The maximum absolute atomic E-state index is 13.0. The molecule has 2 aromatic carbocycles. The van der Waals surface area contributed by atoms with Gasteiger partial charge in [0, 0.05) is 55.2 Å². The van der Waals surface area contributed by atoms with Crippen LogP contribution in [0.25, 0.3) is 0 Å². The molecule has 0 aromatic heterocycles. The Kier molecular flexibility index (Phi) is 8.03. The highest BCUT2D eigenvalue weighted by Crippen LogP contribution is 2.34. The van der Waals surface area contributed by atoms with Crippen molar-refractivity contribution in [2.45, 2.75) is 19.5 Å². The number of rotatable bonds is 11. The molecule has 0 bridgehead atoms. The van der Waals surface area contributed by atoms with Crippen molar-refractivity contribution in [1.29, 1.82) is 0 Å². The highest BCUT2D eigenvalue weighted by molar-refractivity contribution is 5.99. The van der Waals surface area contributed by atoms with Crippen LogP contribution < -0.4 is 10.6 Å². The molecule has 0 radical (unpaired) electrons. The molecule has 0 fully saturated rings. The summed E-state index contributed by atoms with van der Waals surface area (Å²) in [7, 11) is 3.94. The van der Waals surface area contributed by atoms with Gasteiger partial charge in [-0.2, -0.15) is 0 Å². The molecule has 2 amide bonds. The Morgan fingerprint density at radius 2 is 1.97 bits per heavy atom. The molecule has 3 rings (SSSR count). The van der Waals surface area contributed by atoms with E-state index in [-0.39, 0.29) is 18.0 Å². The van der Waals surface area contributed by atoms with Crippen molar-refractivity contribution in [1.82, 2.24) is 15.1 Å². The molecule has 2 aromatic rings. The minimum Gasteiger partial charge on any atom is -0.382 e. The van der Waals surface area contributed by atoms with Crippen LogP contribution in [-0.2, 0) is 4.74 Å². The van der Waals surface area contributed by atoms with Crippen LogP contribution in [0.15, 0.2) is 48.5 Å². The first-order chi connectivity index (χ1) is 15.0. The highest BCUT2D eigenvalue weighted by Gasteiger charge is 2.36. The number of amides is 2. The van der Waals surface area contributed by atoms with E-state index in [9.17, 15) is 9.59 Å². The number of benzene rings is 2. The van der Waals surface area contributed by atoms with E-state index in [4.69, 9.17) is 4.74 Å². The molecule has 7 nitrogen and oxygen atoms in total. The number of fused-ring (bicyclic) bond motifs is 1. The normalized spacial score (nSPS) is 15.3. The number of carbonyl (C=O) groups is 2. The van der Waals surface area contributed by atoms with Crippen molar-refractivity contribution in [2.24, 2.45) is 0 Å². The molecule has 0 spiro atoms. The monoisotopic (exact) mass is 424 g/mol. The van der Waals surface area contributed by atoms with Crippen molar-refractivity contribution in [3.8, 4) is 0 Å². The second-order valence-electron chi connectivity index (χ2n) is 7.82. The van der Waals surface area contributed by atoms with Crippen LogP contribution in [0.4, 0.5) is 5.69 Å². The van der Waals surface area contributed by atoms with Gasteiger partial charge in [-0.1, -0.05) is 24.3 Å². The average molecular weight is 425 g/mol. The van der Waals surface area contributed by atoms with Gasteiger partial charge < -0.3 is 25.2 Å². The van der Waals surface area contributed by atoms with Gasteiger partial charge in [0.1, 0.15) is 6.17 Å². The molecule has 1 heterocycles. The van der Waals surface area contributed by atoms with E-state index in [1.807, 2.05) is 73.3 Å². The summed E-state index contributed by atoms with van der Waals surface area (Å²) >= 11 is 0. The van der Waals surface area contributed by atoms with Gasteiger partial charge in [-0.05, 0) is 51.7 Å². The summed E-state index contributed by atoms with van der Waals surface area (Å²) in [6, 6.07) is 15.1. The van der Waals surface area contributed by atoms with Gasteiger partial charge in [0.25, 0.3) is 11.8 Å². The van der Waals surface area contributed by atoms with Crippen molar-refractivity contribution >= 4 is 17.5 Å². The smallest absolute Gasteiger partial charge is 0.256 e. The molecule has 1 unspecified atom stereocenters. The zero-order valence-electron chi connectivity index (χ0n) is 18.6. The molecule has 7 heteroatoms. The van der Waals surface area contributed by atoms with E-state index in [0.717, 1.165) is 24.2 Å². The van der Waals surface area contributed by atoms with Crippen LogP contribution in [0.1, 0.15) is 45.8 Å². The number of hydrogen-bond donors (Lipinski definition) is 2. The van der Waals surface area contributed by atoms with Crippen LogP contribution >= 0.6 is 0 Å². The minimum atomic E-state index is -0.280. The molecule has 31 heavy (non-hydrogen) atoms. The van der Waals surface area contributed by atoms with E-state index in [1.165, 1.54) is 0 Å². The first-order valence-electron chi connectivity index (χ1n) is 10.8. The third-order valence-electron chi connectivity index (χ3n) is 5.22. The fraction of sp³-hybridized carbons (Fsp3) is 0.417. The third-order valence-corrected chi connectivity index (χ3v) is 5.22. The van der Waals surface area contributed by atoms with Crippen molar-refractivity contribution in [3.05, 3.63) is 65.2 Å². The average Bonchev–Trinajstić information content (AvgIpc) is 3.02. The molecule has 1 aliphatic rings. The molecule has 0 aliphatic carbocycles. The van der Waals surface area contributed by atoms with Crippen molar-refractivity contribution in [3.63, 3.8) is 0 Å². The summed E-state index contributed by atoms with van der Waals surface area (Å²) in [5.74, 6) is -0.0934. The molecular formula is C24H32N4O3. The predicted molar refractivity (Wildman–Crippen MR) is 122 cm³/mol. The van der Waals surface area contributed by atoms with E-state index in [0.29, 0.717) is 37.4 Å². The Hall–Kier alpha value is -2.90. The summed E-state index contributed by atoms with van der Waals surface area (Å²) in [4.78, 5) is 29.3. The van der Waals surface area contributed by atoms with Gasteiger partial charge in [0.15, 0.2) is 0 Å². The standard InChI is InChI=1S/C24H32N4O3/c1-4-31-16-8-14-28-22(20-11-5-6-12-21(20)24(28)30)26-19-10-7-9-18(17-19)23(29)25-13-15-27(2)3/h5-7,9-12,17,22,26H,4,8,13-16H2,1-3H3,(H,25,29). The van der Waals surface area contributed by atoms with Gasteiger partial charge in [0.05, 0.1) is 0 Å². The number of ether oxygens (including phenoxy) is 1. The Labute approximate surface area is 184 Å². The van der Waals surface area contributed by atoms with Gasteiger partial charge in [0.2, 0.25) is 0 Å². The topological polar surface area (TPSA) is 73.9 Å². The van der Waals surface area contributed by atoms with Gasteiger partial charge in [-0.15, -0.1) is 0 Å². The number of anilines is 1. The number of likely N-dealkylation sites (N-methyl/N-ethyl adjacent to an activating group) is 1. The highest BCUT2D eigenvalue weighted by atomic mass is 16.5. The summed E-state index contributed by atoms with van der Waals surface area (Å²) < 4.78 is 5.44. The number of hydrogen-bond acceptors (Lipinski definition) is 5. The van der Waals surface area contributed by atoms with Crippen LogP contribution in [0.3, 0.4) is 0 Å². The van der Waals surface area contributed by atoms with Gasteiger partial charge in [-0.3, -0.25) is 9.59 Å². The molecule has 0 saturated heterocycles. The fourth-order valence-electron chi connectivity index (χ4n) is 3.64. The lowest BCUT2D eigenvalue weighted by Gasteiger charge is -2.27. The van der Waals surface area contributed by atoms with Crippen LogP contribution in [0.2, 0.25) is 0 Å². The number of nitrogens with zero attached hydrogens (tertiary/aromatic N) is 2. The molecule has 1 aliphatic heterocycles. The first kappa shape index (κ1) is 22.8. The zero-order valence-corrected chi connectivity index (χ0v) is 18.6. The predicted octanol–water partition coefficient (Wildman–Crippen LogP) is 2.97. The van der Waals surface area contributed by atoms with E-state index in [2.05, 4.69) is 10.6 Å². The quantitative estimate of drug-likeness (QED) is 0.543. The Morgan fingerprint density at radius 3 is 2.74 bits per heavy atom. The zero-order chi connectivity index (χ0) is 22.2. The van der Waals surface area contributed by atoms with E-state index in [1.54, 1.807) is 6.07 Å². The fourth-order valence-corrected chi connectivity index (χ4v) is 3.64. The summed E-state index contributed by atoms with van der Waals surface area (Å²) in [6.07, 6.45) is 0.484. The summed E-state index contributed by atoms with van der Waals surface area (Å²) in [5.41, 5.74) is 3.05. The lowest BCUT2D eigenvalue weighted by atomic mass is 10.1. The molecular weight excluding hydrogens is 392 g/mol. The Bertz CT molecular complexity index is 900. The first-order valence-corrected chi connectivity index (χ1v) is 10.8. The van der Waals surface area contributed by atoms with Crippen molar-refractivity contribution in [2.75, 3.05) is 52.3 Å². The van der Waals surface area contributed by atoms with E-state index < -0.39 is 0 Å². The maximum Gasteiger partial charge on any atom is 0.256 e. The van der Waals surface area contributed by atoms with E-state index >= 15 is 0 Å². The SMILES string of the molecule is CCOCCCN1C(=O)c2ccccc2C1Nc1cccc(C(=O)NCCN(C)C)c1. The number of nitrogens with one attached hydrogen (secondary N) is 2. The van der Waals surface area contributed by atoms with Crippen LogP contribution in [0, 0.1) is 0 Å². The minimum absolute atomic E-state index is 0.0159. The second-order valence-corrected chi connectivity index (χ2v) is 7.82. The molecule has 1 atom stereocenters. The molecule has 166 valence electrons. The summed E-state index contributed by atoms with van der Waals surface area (Å²) in [5, 5.41) is 6.40. The van der Waals surface area contributed by atoms with Crippen molar-refractivity contribution < 1.29 is 14.3 Å². The Morgan fingerprint density at radius 1 is 1.16 bits per heavy atom. The number of carbonyl (C=O) groups excluding carboxylic acids is 2. The third kappa shape index (κ3) is 5.83. The lowest BCUT2D eigenvalue weighted by molar-refractivity contribution is 0.0708. The largest absolute Gasteiger partial charge is 0.382 e. The lowest BCUT2D eigenvalue weighted by Crippen LogP contribution is -2.34. The van der Waals surface area contributed by atoms with Crippen LogP contribution in [-0.4, -0.2) is 68.6 Å². The van der Waals surface area contributed by atoms with Gasteiger partial charge >= 0.3 is 0 Å².